The molecule has 0 spiro atoms. The highest BCUT2D eigenvalue weighted by Crippen LogP contribution is 2.41. The third-order valence-corrected chi connectivity index (χ3v) is 9.01. The SMILES string of the molecule is C=C1CC[C@H](C(=O)OC)[C@@H](O[Si](C)(C)C(C)(C)C)C1. The lowest BCUT2D eigenvalue weighted by atomic mass is 9.84. The second-order valence-corrected chi connectivity index (χ2v) is 11.8. The molecule has 0 saturated heterocycles. The molecule has 19 heavy (non-hydrogen) atoms. The Morgan fingerprint density at radius 3 is 2.42 bits per heavy atom. The molecule has 0 aromatic rings. The van der Waals surface area contributed by atoms with Gasteiger partial charge < -0.3 is 9.16 Å². The number of carbonyl (C=O) groups excluding carboxylic acids is 1. The fourth-order valence-corrected chi connectivity index (χ4v) is 3.53. The average Bonchev–Trinajstić information content (AvgIpc) is 2.26. The fourth-order valence-electron chi connectivity index (χ4n) is 2.17. The van der Waals surface area contributed by atoms with Crippen LogP contribution in [-0.4, -0.2) is 27.5 Å². The Morgan fingerprint density at radius 1 is 1.37 bits per heavy atom. The van der Waals surface area contributed by atoms with E-state index in [0.717, 1.165) is 19.3 Å². The molecule has 1 aliphatic rings. The van der Waals surface area contributed by atoms with Gasteiger partial charge in [-0.25, -0.2) is 0 Å². The number of esters is 1. The molecular formula is C15H28O3Si. The Kier molecular flexibility index (Phi) is 5.01. The lowest BCUT2D eigenvalue weighted by Crippen LogP contribution is -2.48. The lowest BCUT2D eigenvalue weighted by molar-refractivity contribution is -0.149. The van der Waals surface area contributed by atoms with Crippen LogP contribution in [0, 0.1) is 5.92 Å². The van der Waals surface area contributed by atoms with Crippen LogP contribution >= 0.6 is 0 Å². The van der Waals surface area contributed by atoms with Gasteiger partial charge in [0.1, 0.15) is 0 Å². The largest absolute Gasteiger partial charge is 0.469 e. The quantitative estimate of drug-likeness (QED) is 0.448. The van der Waals surface area contributed by atoms with E-state index in [1.807, 2.05) is 0 Å². The number of hydrogen-bond acceptors (Lipinski definition) is 3. The Hall–Kier alpha value is -0.613. The van der Waals surface area contributed by atoms with Crippen LogP contribution in [0.15, 0.2) is 12.2 Å². The van der Waals surface area contributed by atoms with Crippen molar-refractivity contribution in [1.29, 1.82) is 0 Å². The molecule has 0 aliphatic heterocycles. The maximum absolute atomic E-state index is 11.9. The van der Waals surface area contributed by atoms with E-state index >= 15 is 0 Å². The van der Waals surface area contributed by atoms with E-state index in [0.29, 0.717) is 0 Å². The predicted molar refractivity (Wildman–Crippen MR) is 80.6 cm³/mol. The Bertz CT molecular complexity index is 355. The van der Waals surface area contributed by atoms with Crippen molar-refractivity contribution in [3.63, 3.8) is 0 Å². The van der Waals surface area contributed by atoms with Crippen LogP contribution in [0.4, 0.5) is 0 Å². The summed E-state index contributed by atoms with van der Waals surface area (Å²) in [5.74, 6) is -0.277. The van der Waals surface area contributed by atoms with Gasteiger partial charge in [0, 0.05) is 0 Å². The van der Waals surface area contributed by atoms with Gasteiger partial charge in [-0.15, -0.1) is 0 Å². The fraction of sp³-hybridized carbons (Fsp3) is 0.800. The molecule has 1 rings (SSSR count). The van der Waals surface area contributed by atoms with Gasteiger partial charge >= 0.3 is 5.97 Å². The van der Waals surface area contributed by atoms with Crippen LogP contribution in [0.2, 0.25) is 18.1 Å². The van der Waals surface area contributed by atoms with Gasteiger partial charge in [0.25, 0.3) is 0 Å². The predicted octanol–water partition coefficient (Wildman–Crippen LogP) is 3.91. The van der Waals surface area contributed by atoms with Crippen LogP contribution in [0.3, 0.4) is 0 Å². The van der Waals surface area contributed by atoms with E-state index in [-0.39, 0.29) is 23.0 Å². The van der Waals surface area contributed by atoms with Gasteiger partial charge in [0.2, 0.25) is 0 Å². The first-order chi connectivity index (χ1) is 8.58. The number of rotatable bonds is 3. The minimum atomic E-state index is -1.87. The highest BCUT2D eigenvalue weighted by Gasteiger charge is 2.43. The first kappa shape index (κ1) is 16.4. The Labute approximate surface area is 118 Å². The maximum Gasteiger partial charge on any atom is 0.311 e. The van der Waals surface area contributed by atoms with Gasteiger partial charge in [-0.1, -0.05) is 32.9 Å². The van der Waals surface area contributed by atoms with E-state index in [4.69, 9.17) is 9.16 Å². The highest BCUT2D eigenvalue weighted by molar-refractivity contribution is 6.74. The second kappa shape index (κ2) is 5.79. The molecule has 0 heterocycles. The van der Waals surface area contributed by atoms with Crippen LogP contribution in [0.5, 0.6) is 0 Å². The summed E-state index contributed by atoms with van der Waals surface area (Å²) in [6, 6.07) is 0. The molecule has 2 atom stereocenters. The van der Waals surface area contributed by atoms with Crippen molar-refractivity contribution in [2.75, 3.05) is 7.11 Å². The zero-order valence-corrected chi connectivity index (χ0v) is 14.2. The molecule has 0 N–H and O–H groups in total. The number of hydrogen-bond donors (Lipinski definition) is 0. The molecule has 0 aromatic carbocycles. The molecule has 1 saturated carbocycles. The normalized spacial score (nSPS) is 25.3. The third kappa shape index (κ3) is 3.92. The van der Waals surface area contributed by atoms with Gasteiger partial charge in [-0.05, 0) is 37.4 Å². The molecule has 0 amide bonds. The van der Waals surface area contributed by atoms with Gasteiger partial charge in [-0.3, -0.25) is 4.79 Å². The molecule has 0 aromatic heterocycles. The van der Waals surface area contributed by atoms with Gasteiger partial charge in [-0.2, -0.15) is 0 Å². The Balaban J connectivity index is 2.87. The number of carbonyl (C=O) groups is 1. The molecule has 110 valence electrons. The van der Waals surface area contributed by atoms with Crippen LogP contribution in [-0.2, 0) is 14.0 Å². The monoisotopic (exact) mass is 284 g/mol. The summed E-state index contributed by atoms with van der Waals surface area (Å²) < 4.78 is 11.3. The summed E-state index contributed by atoms with van der Waals surface area (Å²) in [4.78, 5) is 11.9. The summed E-state index contributed by atoms with van der Waals surface area (Å²) in [6.07, 6.45) is 2.42. The molecular weight excluding hydrogens is 256 g/mol. The van der Waals surface area contributed by atoms with Crippen molar-refractivity contribution < 1.29 is 14.0 Å². The first-order valence-corrected chi connectivity index (χ1v) is 9.91. The number of ether oxygens (including phenoxy) is 1. The topological polar surface area (TPSA) is 35.5 Å². The van der Waals surface area contributed by atoms with Crippen molar-refractivity contribution in [3.05, 3.63) is 12.2 Å². The van der Waals surface area contributed by atoms with E-state index < -0.39 is 8.32 Å². The lowest BCUT2D eigenvalue weighted by Gasteiger charge is -2.42. The molecule has 0 unspecified atom stereocenters. The maximum atomic E-state index is 11.9. The van der Waals surface area contributed by atoms with Crippen LogP contribution in [0.1, 0.15) is 40.0 Å². The molecule has 1 aliphatic carbocycles. The van der Waals surface area contributed by atoms with Crippen LogP contribution < -0.4 is 0 Å². The molecule has 3 nitrogen and oxygen atoms in total. The van der Waals surface area contributed by atoms with Crippen molar-refractivity contribution in [2.45, 2.75) is 64.3 Å². The molecule has 4 heteroatoms. The van der Waals surface area contributed by atoms with Crippen molar-refractivity contribution in [1.82, 2.24) is 0 Å². The number of methoxy groups -OCH3 is 1. The Morgan fingerprint density at radius 2 is 1.95 bits per heavy atom. The second-order valence-electron chi connectivity index (χ2n) is 7.04. The zero-order valence-electron chi connectivity index (χ0n) is 13.2. The van der Waals surface area contributed by atoms with Gasteiger partial charge in [0.05, 0.1) is 19.1 Å². The zero-order chi connectivity index (χ0) is 14.8. The summed E-state index contributed by atoms with van der Waals surface area (Å²) >= 11 is 0. The van der Waals surface area contributed by atoms with E-state index in [9.17, 15) is 4.79 Å². The standard InChI is InChI=1S/C15H28O3Si/c1-11-8-9-12(14(16)17-5)13(10-11)18-19(6,7)15(2,3)4/h12-13H,1,8-10H2,2-7H3/t12-,13-/m0/s1. The van der Waals surface area contributed by atoms with E-state index in [2.05, 4.69) is 40.4 Å². The van der Waals surface area contributed by atoms with Gasteiger partial charge in [0.15, 0.2) is 8.32 Å². The first-order valence-electron chi connectivity index (χ1n) is 7.01. The smallest absolute Gasteiger partial charge is 0.311 e. The van der Waals surface area contributed by atoms with E-state index in [1.165, 1.54) is 12.7 Å². The summed E-state index contributed by atoms with van der Waals surface area (Å²) in [5.41, 5.74) is 1.18. The average molecular weight is 284 g/mol. The molecule has 1 fully saturated rings. The third-order valence-electron chi connectivity index (χ3n) is 4.50. The summed E-state index contributed by atoms with van der Waals surface area (Å²) in [5, 5.41) is 0.145. The highest BCUT2D eigenvalue weighted by atomic mass is 28.4. The summed E-state index contributed by atoms with van der Waals surface area (Å²) in [6.45, 7) is 15.1. The van der Waals surface area contributed by atoms with E-state index in [1.54, 1.807) is 0 Å². The van der Waals surface area contributed by atoms with Crippen molar-refractivity contribution >= 4 is 14.3 Å². The molecule has 0 bridgehead atoms. The molecule has 0 radical (unpaired) electrons. The minimum absolute atomic E-state index is 0.0606. The van der Waals surface area contributed by atoms with Crippen molar-refractivity contribution in [2.24, 2.45) is 5.92 Å². The van der Waals surface area contributed by atoms with Crippen LogP contribution in [0.25, 0.3) is 0 Å². The summed E-state index contributed by atoms with van der Waals surface area (Å²) in [7, 11) is -0.418. The minimum Gasteiger partial charge on any atom is -0.469 e. The van der Waals surface area contributed by atoms with Crippen molar-refractivity contribution in [3.8, 4) is 0 Å².